The average molecular weight is 492 g/mol. The maximum absolute atomic E-state index is 13.3. The molecule has 186 valence electrons. The van der Waals surface area contributed by atoms with E-state index in [2.05, 4.69) is 5.32 Å². The maximum Gasteiger partial charge on any atom is 0.242 e. The summed E-state index contributed by atoms with van der Waals surface area (Å²) in [5, 5.41) is 2.72. The van der Waals surface area contributed by atoms with Gasteiger partial charge >= 0.3 is 0 Å². The molecule has 0 bridgehead atoms. The second-order valence-electron chi connectivity index (χ2n) is 8.45. The summed E-state index contributed by atoms with van der Waals surface area (Å²) >= 11 is 0. The third kappa shape index (κ3) is 7.55. The van der Waals surface area contributed by atoms with E-state index < -0.39 is 16.1 Å². The van der Waals surface area contributed by atoms with Gasteiger partial charge in [0, 0.05) is 26.1 Å². The first-order valence-corrected chi connectivity index (χ1v) is 13.2. The molecule has 2 amide bonds. The summed E-state index contributed by atoms with van der Waals surface area (Å²) in [6.07, 6.45) is 1.48. The molecule has 0 radical (unpaired) electrons. The SMILES string of the molecule is CCNC(=O)C(C)N(Cc1ccc(F)cc1)C(=O)CCCN(c1cc(C)ccc1C)S(C)(=O)=O. The van der Waals surface area contributed by atoms with Crippen molar-refractivity contribution in [1.29, 1.82) is 0 Å². The van der Waals surface area contributed by atoms with E-state index in [0.29, 0.717) is 17.8 Å². The zero-order chi connectivity index (χ0) is 25.5. The summed E-state index contributed by atoms with van der Waals surface area (Å²) in [6.45, 7) is 7.88. The first-order valence-electron chi connectivity index (χ1n) is 11.3. The van der Waals surface area contributed by atoms with Crippen LogP contribution in [0.5, 0.6) is 0 Å². The Morgan fingerprint density at radius 2 is 1.74 bits per heavy atom. The van der Waals surface area contributed by atoms with Crippen LogP contribution in [0.2, 0.25) is 0 Å². The fourth-order valence-corrected chi connectivity index (χ4v) is 4.68. The first kappa shape index (κ1) is 27.3. The van der Waals surface area contributed by atoms with Gasteiger partial charge in [-0.25, -0.2) is 12.8 Å². The van der Waals surface area contributed by atoms with E-state index in [1.54, 1.807) is 26.0 Å². The smallest absolute Gasteiger partial charge is 0.242 e. The molecule has 34 heavy (non-hydrogen) atoms. The van der Waals surface area contributed by atoms with Crippen LogP contribution in [0.3, 0.4) is 0 Å². The van der Waals surface area contributed by atoms with E-state index >= 15 is 0 Å². The van der Waals surface area contributed by atoms with Gasteiger partial charge in [-0.15, -0.1) is 0 Å². The summed E-state index contributed by atoms with van der Waals surface area (Å²) in [6, 6.07) is 10.6. The second kappa shape index (κ2) is 12.0. The molecule has 0 aliphatic carbocycles. The van der Waals surface area contributed by atoms with Crippen LogP contribution in [0.4, 0.5) is 10.1 Å². The van der Waals surface area contributed by atoms with E-state index in [1.165, 1.54) is 21.3 Å². The number of aryl methyl sites for hydroxylation is 2. The molecule has 2 rings (SSSR count). The second-order valence-corrected chi connectivity index (χ2v) is 10.4. The van der Waals surface area contributed by atoms with Crippen LogP contribution < -0.4 is 9.62 Å². The minimum Gasteiger partial charge on any atom is -0.355 e. The number of hydrogen-bond acceptors (Lipinski definition) is 4. The Morgan fingerprint density at radius 1 is 1.09 bits per heavy atom. The monoisotopic (exact) mass is 491 g/mol. The lowest BCUT2D eigenvalue weighted by molar-refractivity contribution is -0.140. The van der Waals surface area contributed by atoms with Gasteiger partial charge in [-0.3, -0.25) is 13.9 Å². The van der Waals surface area contributed by atoms with Gasteiger partial charge in [-0.2, -0.15) is 0 Å². The number of nitrogens with zero attached hydrogens (tertiary/aromatic N) is 2. The molecular formula is C25H34FN3O4S. The number of carbonyl (C=O) groups is 2. The Hall–Kier alpha value is -2.94. The highest BCUT2D eigenvalue weighted by atomic mass is 32.2. The van der Waals surface area contributed by atoms with Crippen molar-refractivity contribution < 1.29 is 22.4 Å². The molecule has 0 aromatic heterocycles. The molecule has 0 spiro atoms. The van der Waals surface area contributed by atoms with Crippen LogP contribution >= 0.6 is 0 Å². The quantitative estimate of drug-likeness (QED) is 0.521. The molecule has 2 aromatic carbocycles. The lowest BCUT2D eigenvalue weighted by atomic mass is 10.1. The van der Waals surface area contributed by atoms with Gasteiger partial charge in [0.05, 0.1) is 11.9 Å². The van der Waals surface area contributed by atoms with Crippen molar-refractivity contribution in [2.45, 2.75) is 53.1 Å². The van der Waals surface area contributed by atoms with Gasteiger partial charge in [-0.05, 0) is 69.0 Å². The van der Waals surface area contributed by atoms with E-state index in [0.717, 1.165) is 17.4 Å². The number of carbonyl (C=O) groups excluding carboxylic acids is 2. The summed E-state index contributed by atoms with van der Waals surface area (Å²) < 4.78 is 39.6. The number of nitrogens with one attached hydrogen (secondary N) is 1. The van der Waals surface area contributed by atoms with Gasteiger partial charge in [-0.1, -0.05) is 24.3 Å². The van der Waals surface area contributed by atoms with Crippen molar-refractivity contribution in [2.24, 2.45) is 0 Å². The number of amides is 2. The van der Waals surface area contributed by atoms with Crippen LogP contribution in [0.1, 0.15) is 43.4 Å². The van der Waals surface area contributed by atoms with Crippen LogP contribution in [0.15, 0.2) is 42.5 Å². The Balaban J connectivity index is 2.18. The van der Waals surface area contributed by atoms with E-state index in [-0.39, 0.29) is 43.6 Å². The summed E-state index contributed by atoms with van der Waals surface area (Å²) in [4.78, 5) is 27.1. The molecule has 2 aromatic rings. The fourth-order valence-electron chi connectivity index (χ4n) is 3.66. The highest BCUT2D eigenvalue weighted by molar-refractivity contribution is 7.92. The molecule has 7 nitrogen and oxygen atoms in total. The number of rotatable bonds is 11. The predicted octanol–water partition coefficient (Wildman–Crippen LogP) is 3.54. The Morgan fingerprint density at radius 3 is 2.32 bits per heavy atom. The van der Waals surface area contributed by atoms with Gasteiger partial charge in [0.1, 0.15) is 11.9 Å². The molecular weight excluding hydrogens is 457 g/mol. The fraction of sp³-hybridized carbons (Fsp3) is 0.440. The third-order valence-electron chi connectivity index (χ3n) is 5.57. The molecule has 0 fully saturated rings. The van der Waals surface area contributed by atoms with Gasteiger partial charge in [0.2, 0.25) is 21.8 Å². The number of anilines is 1. The number of hydrogen-bond donors (Lipinski definition) is 1. The molecule has 0 heterocycles. The Kier molecular flexibility index (Phi) is 9.61. The van der Waals surface area contributed by atoms with Crippen molar-refractivity contribution >= 4 is 27.5 Å². The highest BCUT2D eigenvalue weighted by Crippen LogP contribution is 2.24. The van der Waals surface area contributed by atoms with Crippen molar-refractivity contribution in [3.8, 4) is 0 Å². The summed E-state index contributed by atoms with van der Waals surface area (Å²) in [5.74, 6) is -0.950. The Labute approximate surface area is 202 Å². The number of benzene rings is 2. The zero-order valence-electron chi connectivity index (χ0n) is 20.5. The molecule has 1 unspecified atom stereocenters. The molecule has 9 heteroatoms. The number of halogens is 1. The maximum atomic E-state index is 13.3. The largest absolute Gasteiger partial charge is 0.355 e. The highest BCUT2D eigenvalue weighted by Gasteiger charge is 2.26. The van der Waals surface area contributed by atoms with E-state index in [4.69, 9.17) is 0 Å². The van der Waals surface area contributed by atoms with Crippen molar-refractivity contribution in [1.82, 2.24) is 10.2 Å². The van der Waals surface area contributed by atoms with E-state index in [1.807, 2.05) is 32.0 Å². The predicted molar refractivity (Wildman–Crippen MR) is 132 cm³/mol. The molecule has 1 atom stereocenters. The minimum atomic E-state index is -3.56. The van der Waals surface area contributed by atoms with Crippen LogP contribution in [-0.4, -0.2) is 50.5 Å². The first-order chi connectivity index (χ1) is 15.9. The molecule has 1 N–H and O–H groups in total. The molecule has 0 saturated heterocycles. The molecule has 0 saturated carbocycles. The van der Waals surface area contributed by atoms with Crippen molar-refractivity contribution in [3.63, 3.8) is 0 Å². The van der Waals surface area contributed by atoms with Crippen LogP contribution in [-0.2, 0) is 26.2 Å². The van der Waals surface area contributed by atoms with E-state index in [9.17, 15) is 22.4 Å². The topological polar surface area (TPSA) is 86.8 Å². The third-order valence-corrected chi connectivity index (χ3v) is 6.75. The van der Waals surface area contributed by atoms with Crippen molar-refractivity contribution in [3.05, 3.63) is 65.0 Å². The zero-order valence-corrected chi connectivity index (χ0v) is 21.3. The summed E-state index contributed by atoms with van der Waals surface area (Å²) in [7, 11) is -3.56. The van der Waals surface area contributed by atoms with Gasteiger partial charge < -0.3 is 10.2 Å². The minimum absolute atomic E-state index is 0.0574. The van der Waals surface area contributed by atoms with Crippen molar-refractivity contribution in [2.75, 3.05) is 23.7 Å². The van der Waals surface area contributed by atoms with Gasteiger partial charge in [0.25, 0.3) is 0 Å². The molecule has 0 aliphatic rings. The Bertz CT molecular complexity index is 1100. The lowest BCUT2D eigenvalue weighted by Crippen LogP contribution is -2.47. The number of sulfonamides is 1. The number of likely N-dealkylation sites (N-methyl/N-ethyl adjacent to an activating group) is 1. The normalized spacial score (nSPS) is 12.2. The van der Waals surface area contributed by atoms with Crippen LogP contribution in [0.25, 0.3) is 0 Å². The van der Waals surface area contributed by atoms with Crippen LogP contribution in [0, 0.1) is 19.7 Å². The lowest BCUT2D eigenvalue weighted by Gasteiger charge is -2.29. The molecule has 0 aliphatic heterocycles. The summed E-state index contributed by atoms with van der Waals surface area (Å²) in [5.41, 5.74) is 3.05. The van der Waals surface area contributed by atoms with Gasteiger partial charge in [0.15, 0.2) is 0 Å². The standard InChI is InChI=1S/C25H34FN3O4S/c1-6-27-25(31)20(4)28(17-21-11-13-22(26)14-12-21)24(30)8-7-15-29(34(5,32)33)23-16-18(2)9-10-19(23)3/h9-14,16,20H,6-8,15,17H2,1-5H3,(H,27,31). The average Bonchev–Trinajstić information content (AvgIpc) is 2.77.